The lowest BCUT2D eigenvalue weighted by Crippen LogP contribution is -1.97. The van der Waals surface area contributed by atoms with Gasteiger partial charge in [0.2, 0.25) is 0 Å². The van der Waals surface area contributed by atoms with E-state index in [4.69, 9.17) is 40.2 Å². The molecular formula is C28H18N2O4. The van der Waals surface area contributed by atoms with E-state index in [2.05, 4.69) is 17.8 Å². The monoisotopic (exact) mass is 446 g/mol. The van der Waals surface area contributed by atoms with Crippen LogP contribution in [0.1, 0.15) is 16.7 Å². The summed E-state index contributed by atoms with van der Waals surface area (Å²) in [5, 5.41) is 20.9. The van der Waals surface area contributed by atoms with E-state index in [1.807, 2.05) is 0 Å². The second-order valence-corrected chi connectivity index (χ2v) is 7.24. The summed E-state index contributed by atoms with van der Waals surface area (Å²) >= 11 is 0. The van der Waals surface area contributed by atoms with Crippen LogP contribution in [0.4, 0.5) is 11.4 Å². The molecule has 4 aromatic carbocycles. The number of fused-ring (bicyclic) bond motifs is 1. The molecule has 0 saturated carbocycles. The van der Waals surface area contributed by atoms with E-state index in [0.29, 0.717) is 50.5 Å². The van der Waals surface area contributed by atoms with E-state index in [-0.39, 0.29) is 22.9 Å². The Kier molecular flexibility index (Phi) is 5.54. The molecule has 0 aromatic heterocycles. The minimum Gasteiger partial charge on any atom is -0.506 e. The maximum Gasteiger partial charge on any atom is 0.144 e. The molecule has 0 radical (unpaired) electrons. The molecule has 0 fully saturated rings. The summed E-state index contributed by atoms with van der Waals surface area (Å²) in [6, 6.07) is 14.0. The normalized spacial score (nSPS) is 10.1. The molecule has 34 heavy (non-hydrogen) atoms. The molecule has 0 atom stereocenters. The average molecular weight is 446 g/mol. The predicted octanol–water partition coefficient (Wildman–Crippen LogP) is 4.94. The number of rotatable bonds is 4. The minimum atomic E-state index is -0.122. The third-order valence-corrected chi connectivity index (χ3v) is 5.13. The molecule has 0 heterocycles. The zero-order valence-electron chi connectivity index (χ0n) is 17.8. The Balaban J connectivity index is 1.88. The Morgan fingerprint density at radius 2 is 1.21 bits per heavy atom. The van der Waals surface area contributed by atoms with Gasteiger partial charge in [0, 0.05) is 28.5 Å². The highest BCUT2D eigenvalue weighted by Crippen LogP contribution is 2.40. The Labute approximate surface area is 196 Å². The molecule has 0 aliphatic carbocycles. The first kappa shape index (κ1) is 21.8. The maximum absolute atomic E-state index is 9.89. The second-order valence-electron chi connectivity index (χ2n) is 7.24. The number of hydrogen-bond donors (Lipinski definition) is 4. The van der Waals surface area contributed by atoms with Gasteiger partial charge >= 0.3 is 0 Å². The van der Waals surface area contributed by atoms with E-state index in [1.54, 1.807) is 30.3 Å². The van der Waals surface area contributed by atoms with E-state index >= 15 is 0 Å². The van der Waals surface area contributed by atoms with Crippen LogP contribution >= 0.6 is 0 Å². The van der Waals surface area contributed by atoms with Crippen molar-refractivity contribution in [2.75, 3.05) is 11.5 Å². The summed E-state index contributed by atoms with van der Waals surface area (Å²) in [7, 11) is 0. The van der Waals surface area contributed by atoms with Crippen molar-refractivity contribution in [2.24, 2.45) is 0 Å². The van der Waals surface area contributed by atoms with E-state index < -0.39 is 0 Å². The van der Waals surface area contributed by atoms with Gasteiger partial charge in [-0.2, -0.15) is 0 Å². The van der Waals surface area contributed by atoms with Gasteiger partial charge < -0.3 is 31.2 Å². The number of phenolic OH excluding ortho intramolecular Hbond substituents is 2. The lowest BCUT2D eigenvalue weighted by Gasteiger charge is -2.16. The second kappa shape index (κ2) is 8.63. The van der Waals surface area contributed by atoms with Crippen molar-refractivity contribution in [3.63, 3.8) is 0 Å². The number of phenols is 2. The van der Waals surface area contributed by atoms with Crippen LogP contribution in [0.25, 0.3) is 10.8 Å². The van der Waals surface area contributed by atoms with Crippen molar-refractivity contribution < 1.29 is 19.7 Å². The summed E-state index contributed by atoms with van der Waals surface area (Å²) in [6.07, 6.45) is 17.5. The number of nitrogens with two attached hydrogens (primary N) is 2. The van der Waals surface area contributed by atoms with Crippen molar-refractivity contribution in [1.82, 2.24) is 0 Å². The molecule has 0 saturated heterocycles. The largest absolute Gasteiger partial charge is 0.506 e. The fourth-order valence-corrected chi connectivity index (χ4v) is 3.48. The van der Waals surface area contributed by atoms with Crippen LogP contribution in [0.3, 0.4) is 0 Å². The van der Waals surface area contributed by atoms with Gasteiger partial charge in [0.25, 0.3) is 0 Å². The Morgan fingerprint density at radius 1 is 0.647 bits per heavy atom. The van der Waals surface area contributed by atoms with Crippen LogP contribution in [0.2, 0.25) is 0 Å². The summed E-state index contributed by atoms with van der Waals surface area (Å²) in [6.45, 7) is 0. The SMILES string of the molecule is C#Cc1c(Oc2ccc(N)c(O)c2)cc(C#C)c2c(C#C)c(Oc3ccc(N)c(O)c3)ccc12. The van der Waals surface area contributed by atoms with Crippen LogP contribution in [0.5, 0.6) is 34.5 Å². The number of hydrogen-bond acceptors (Lipinski definition) is 6. The van der Waals surface area contributed by atoms with Crippen LogP contribution in [-0.2, 0) is 0 Å². The van der Waals surface area contributed by atoms with Crippen LogP contribution in [0.15, 0.2) is 54.6 Å². The highest BCUT2D eigenvalue weighted by molar-refractivity contribution is 6.00. The van der Waals surface area contributed by atoms with Crippen LogP contribution in [-0.4, -0.2) is 10.2 Å². The van der Waals surface area contributed by atoms with Gasteiger partial charge in [0.15, 0.2) is 0 Å². The zero-order valence-corrected chi connectivity index (χ0v) is 17.8. The standard InChI is InChI=1S/C28H18N2O4/c1-4-16-13-27(34-18-8-11-23(30)25(32)15-18)19(5-2)21-9-12-26(20(6-3)28(16)21)33-17-7-10-22(29)24(31)14-17/h1-3,7-15,31-32H,29-30H2. The molecule has 0 bridgehead atoms. The predicted molar refractivity (Wildman–Crippen MR) is 133 cm³/mol. The van der Waals surface area contributed by atoms with Gasteiger partial charge in [-0.3, -0.25) is 0 Å². The van der Waals surface area contributed by atoms with Gasteiger partial charge in [-0.1, -0.05) is 17.8 Å². The molecule has 0 amide bonds. The zero-order chi connectivity index (χ0) is 24.4. The Hall–Kier alpha value is -5.38. The van der Waals surface area contributed by atoms with Crippen LogP contribution in [0, 0.1) is 37.0 Å². The van der Waals surface area contributed by atoms with Gasteiger partial charge in [-0.15, -0.1) is 19.3 Å². The van der Waals surface area contributed by atoms with Gasteiger partial charge in [0.05, 0.1) is 22.5 Å². The van der Waals surface area contributed by atoms with Crippen molar-refractivity contribution >= 4 is 22.1 Å². The number of nitrogen functional groups attached to an aromatic ring is 2. The summed E-state index contributed by atoms with van der Waals surface area (Å²) in [5.41, 5.74) is 13.0. The molecule has 6 N–H and O–H groups in total. The molecule has 0 spiro atoms. The molecule has 4 rings (SSSR count). The van der Waals surface area contributed by atoms with Gasteiger partial charge in [-0.05, 0) is 42.5 Å². The lowest BCUT2D eigenvalue weighted by molar-refractivity contribution is 0.455. The number of anilines is 2. The first-order chi connectivity index (χ1) is 16.4. The number of ether oxygens (including phenoxy) is 2. The van der Waals surface area contributed by atoms with Gasteiger partial charge in [-0.25, -0.2) is 0 Å². The molecular weight excluding hydrogens is 428 g/mol. The average Bonchev–Trinajstić information content (AvgIpc) is 2.83. The van der Waals surface area contributed by atoms with Crippen LogP contribution < -0.4 is 20.9 Å². The third-order valence-electron chi connectivity index (χ3n) is 5.13. The number of terminal acetylenes is 3. The lowest BCUT2D eigenvalue weighted by atomic mass is 9.94. The van der Waals surface area contributed by atoms with E-state index in [9.17, 15) is 10.2 Å². The van der Waals surface area contributed by atoms with E-state index in [1.165, 1.54) is 24.3 Å². The molecule has 0 aliphatic heterocycles. The summed E-state index contributed by atoms with van der Waals surface area (Å²) in [5.74, 6) is 8.97. The highest BCUT2D eigenvalue weighted by Gasteiger charge is 2.18. The molecule has 6 nitrogen and oxygen atoms in total. The first-order valence-electron chi connectivity index (χ1n) is 9.92. The maximum atomic E-state index is 9.89. The Morgan fingerprint density at radius 3 is 1.71 bits per heavy atom. The summed E-state index contributed by atoms with van der Waals surface area (Å²) < 4.78 is 11.9. The Bertz CT molecular complexity index is 1580. The van der Waals surface area contributed by atoms with Crippen molar-refractivity contribution in [1.29, 1.82) is 0 Å². The van der Waals surface area contributed by atoms with Crippen molar-refractivity contribution in [2.45, 2.75) is 0 Å². The minimum absolute atomic E-state index is 0.116. The van der Waals surface area contributed by atoms with Crippen molar-refractivity contribution in [3.05, 3.63) is 71.3 Å². The fraction of sp³-hybridized carbons (Fsp3) is 0. The molecule has 4 aromatic rings. The smallest absolute Gasteiger partial charge is 0.144 e. The topological polar surface area (TPSA) is 111 Å². The van der Waals surface area contributed by atoms with Crippen molar-refractivity contribution in [3.8, 4) is 71.5 Å². The molecule has 0 unspecified atom stereocenters. The molecule has 6 heteroatoms. The summed E-state index contributed by atoms with van der Waals surface area (Å²) in [4.78, 5) is 0. The highest BCUT2D eigenvalue weighted by atomic mass is 16.5. The molecule has 164 valence electrons. The third kappa shape index (κ3) is 3.82. The van der Waals surface area contributed by atoms with Gasteiger partial charge in [0.1, 0.15) is 34.5 Å². The number of aromatic hydroxyl groups is 2. The number of benzene rings is 4. The fourth-order valence-electron chi connectivity index (χ4n) is 3.48. The van der Waals surface area contributed by atoms with E-state index in [0.717, 1.165) is 0 Å². The quantitative estimate of drug-likeness (QED) is 0.201. The first-order valence-corrected chi connectivity index (χ1v) is 9.92. The molecule has 0 aliphatic rings.